The second kappa shape index (κ2) is 7.93. The first-order valence-corrected chi connectivity index (χ1v) is 11.6. The van der Waals surface area contributed by atoms with Crippen molar-refractivity contribution in [3.8, 4) is 11.1 Å². The van der Waals surface area contributed by atoms with Crippen LogP contribution in [0.2, 0.25) is 0 Å². The first-order chi connectivity index (χ1) is 13.5. The zero-order chi connectivity index (χ0) is 21.4. The number of ketones is 1. The van der Waals surface area contributed by atoms with E-state index < -0.39 is 26.8 Å². The summed E-state index contributed by atoms with van der Waals surface area (Å²) in [7, 11) is -3.96. The van der Waals surface area contributed by atoms with Crippen molar-refractivity contribution >= 4 is 33.5 Å². The van der Waals surface area contributed by atoms with Crippen LogP contribution in [0.1, 0.15) is 31.1 Å². The number of nitrogens with zero attached hydrogens (tertiary/aromatic N) is 1. The Labute approximate surface area is 175 Å². The molecule has 2 aromatic carbocycles. The third-order valence-electron chi connectivity index (χ3n) is 5.03. The Bertz CT molecular complexity index is 1040. The molecule has 1 aliphatic heterocycles. The van der Waals surface area contributed by atoms with Crippen LogP contribution in [-0.4, -0.2) is 52.7 Å². The van der Waals surface area contributed by atoms with Crippen LogP contribution in [0.25, 0.3) is 11.1 Å². The fraction of sp³-hybridized carbons (Fsp3) is 0.333. The molecule has 1 aliphatic rings. The minimum Gasteiger partial charge on any atom is -0.480 e. The summed E-state index contributed by atoms with van der Waals surface area (Å²) in [4.78, 5) is 23.5. The lowest BCUT2D eigenvalue weighted by atomic mass is 10.0. The van der Waals surface area contributed by atoms with E-state index >= 15 is 0 Å². The predicted octanol–water partition coefficient (Wildman–Crippen LogP) is 3.53. The third kappa shape index (κ3) is 4.24. The van der Waals surface area contributed by atoms with Crippen molar-refractivity contribution in [3.63, 3.8) is 0 Å². The molecule has 0 aliphatic carbocycles. The number of hydrogen-bond donors (Lipinski definition) is 1. The van der Waals surface area contributed by atoms with Crippen molar-refractivity contribution in [2.75, 3.05) is 12.3 Å². The number of sulfonamides is 1. The summed E-state index contributed by atoms with van der Waals surface area (Å²) in [5, 5.41) is 9.67. The molecule has 1 saturated heterocycles. The molecule has 29 heavy (non-hydrogen) atoms. The van der Waals surface area contributed by atoms with Gasteiger partial charge in [-0.05, 0) is 50.1 Å². The summed E-state index contributed by atoms with van der Waals surface area (Å²) in [5.74, 6) is -0.661. The second-order valence-corrected chi connectivity index (χ2v) is 11.1. The monoisotopic (exact) mass is 433 g/mol. The molecule has 0 aromatic heterocycles. The molecule has 1 N–H and O–H groups in total. The number of carboxylic acids is 1. The lowest BCUT2D eigenvalue weighted by molar-refractivity contribution is -0.142. The predicted molar refractivity (Wildman–Crippen MR) is 114 cm³/mol. The maximum absolute atomic E-state index is 13.2. The standard InChI is InChI=1S/C21H23NO5S2/c1-14(23)16-5-4-6-17(13-16)15-7-9-18(10-8-15)29(26,27)22-11-12-28-21(2,3)19(22)20(24)25/h4-10,13,19H,11-12H2,1-3H3,(H,24,25)/t19-/m0/s1. The molecule has 0 radical (unpaired) electrons. The number of Topliss-reactive ketones (excluding diaryl/α,β-unsaturated/α-hetero) is 1. The number of hydrogen-bond acceptors (Lipinski definition) is 5. The van der Waals surface area contributed by atoms with Crippen molar-refractivity contribution in [3.05, 3.63) is 54.1 Å². The van der Waals surface area contributed by atoms with Gasteiger partial charge in [-0.3, -0.25) is 9.59 Å². The molecular weight excluding hydrogens is 410 g/mol. The molecule has 2 aromatic rings. The highest BCUT2D eigenvalue weighted by Crippen LogP contribution is 2.38. The largest absolute Gasteiger partial charge is 0.480 e. The summed E-state index contributed by atoms with van der Waals surface area (Å²) < 4.78 is 26.7. The molecule has 0 spiro atoms. The summed E-state index contributed by atoms with van der Waals surface area (Å²) in [6.07, 6.45) is 0. The van der Waals surface area contributed by atoms with Gasteiger partial charge in [-0.1, -0.05) is 30.3 Å². The van der Waals surface area contributed by atoms with E-state index in [0.29, 0.717) is 11.3 Å². The Kier molecular flexibility index (Phi) is 5.89. The number of carbonyl (C=O) groups is 2. The minimum absolute atomic E-state index is 0.0451. The molecule has 8 heteroatoms. The van der Waals surface area contributed by atoms with Crippen molar-refractivity contribution in [2.45, 2.75) is 36.5 Å². The lowest BCUT2D eigenvalue weighted by Gasteiger charge is -2.42. The Morgan fingerprint density at radius 1 is 1.10 bits per heavy atom. The molecule has 3 rings (SSSR count). The lowest BCUT2D eigenvalue weighted by Crippen LogP contribution is -2.58. The highest BCUT2D eigenvalue weighted by Gasteiger charge is 2.48. The van der Waals surface area contributed by atoms with Gasteiger partial charge < -0.3 is 5.11 Å². The Morgan fingerprint density at radius 2 is 1.76 bits per heavy atom. The van der Waals surface area contributed by atoms with E-state index in [-0.39, 0.29) is 17.2 Å². The van der Waals surface area contributed by atoms with Crippen LogP contribution in [0.4, 0.5) is 0 Å². The average molecular weight is 434 g/mol. The quantitative estimate of drug-likeness (QED) is 0.726. The van der Waals surface area contributed by atoms with E-state index in [2.05, 4.69) is 0 Å². The summed E-state index contributed by atoms with van der Waals surface area (Å²) in [6.45, 7) is 5.15. The Morgan fingerprint density at radius 3 is 2.34 bits per heavy atom. The van der Waals surface area contributed by atoms with Crippen molar-refractivity contribution in [2.24, 2.45) is 0 Å². The third-order valence-corrected chi connectivity index (χ3v) is 8.26. The van der Waals surface area contributed by atoms with Gasteiger partial charge in [0.25, 0.3) is 0 Å². The highest BCUT2D eigenvalue weighted by molar-refractivity contribution is 8.00. The summed E-state index contributed by atoms with van der Waals surface area (Å²) in [6, 6.07) is 12.3. The second-order valence-electron chi connectivity index (χ2n) is 7.47. The fourth-order valence-electron chi connectivity index (χ4n) is 3.51. The molecule has 6 nitrogen and oxygen atoms in total. The number of aliphatic carboxylic acids is 1. The van der Waals surface area contributed by atoms with Gasteiger partial charge in [0, 0.05) is 22.6 Å². The smallest absolute Gasteiger partial charge is 0.323 e. The van der Waals surface area contributed by atoms with Crippen LogP contribution < -0.4 is 0 Å². The van der Waals surface area contributed by atoms with E-state index in [0.717, 1.165) is 15.4 Å². The summed E-state index contributed by atoms with van der Waals surface area (Å²) in [5.41, 5.74) is 2.16. The molecule has 1 heterocycles. The Hall–Kier alpha value is -2.16. The zero-order valence-corrected chi connectivity index (χ0v) is 18.1. The van der Waals surface area contributed by atoms with E-state index in [4.69, 9.17) is 0 Å². The van der Waals surface area contributed by atoms with Gasteiger partial charge >= 0.3 is 5.97 Å². The van der Waals surface area contributed by atoms with Gasteiger partial charge in [0.15, 0.2) is 5.78 Å². The molecule has 1 atom stereocenters. The highest BCUT2D eigenvalue weighted by atomic mass is 32.2. The molecule has 0 unspecified atom stereocenters. The van der Waals surface area contributed by atoms with Crippen molar-refractivity contribution < 1.29 is 23.1 Å². The van der Waals surface area contributed by atoms with Crippen LogP contribution in [0, 0.1) is 0 Å². The molecular formula is C21H23NO5S2. The average Bonchev–Trinajstić information content (AvgIpc) is 2.67. The molecule has 0 bridgehead atoms. The number of benzene rings is 2. The van der Waals surface area contributed by atoms with Gasteiger partial charge in [0.05, 0.1) is 4.90 Å². The first kappa shape index (κ1) is 21.5. The van der Waals surface area contributed by atoms with Crippen molar-refractivity contribution in [1.82, 2.24) is 4.31 Å². The normalized spacial score (nSPS) is 19.6. The number of carbonyl (C=O) groups excluding carboxylic acids is 1. The van der Waals surface area contributed by atoms with Crippen LogP contribution >= 0.6 is 11.8 Å². The number of thioether (sulfide) groups is 1. The fourth-order valence-corrected chi connectivity index (χ4v) is 6.60. The maximum Gasteiger partial charge on any atom is 0.323 e. The first-order valence-electron chi connectivity index (χ1n) is 9.14. The van der Waals surface area contributed by atoms with Gasteiger partial charge in [-0.15, -0.1) is 0 Å². The van der Waals surface area contributed by atoms with Gasteiger partial charge in [-0.25, -0.2) is 8.42 Å². The van der Waals surface area contributed by atoms with Crippen LogP contribution in [0.5, 0.6) is 0 Å². The molecule has 1 fully saturated rings. The SMILES string of the molecule is CC(=O)c1cccc(-c2ccc(S(=O)(=O)N3CCSC(C)(C)[C@@H]3C(=O)O)cc2)c1. The minimum atomic E-state index is -3.96. The molecule has 0 amide bonds. The zero-order valence-electron chi connectivity index (χ0n) is 16.5. The van der Waals surface area contributed by atoms with E-state index in [9.17, 15) is 23.1 Å². The van der Waals surface area contributed by atoms with E-state index in [1.165, 1.54) is 30.8 Å². The van der Waals surface area contributed by atoms with E-state index in [1.54, 1.807) is 44.2 Å². The topological polar surface area (TPSA) is 91.8 Å². The number of rotatable bonds is 5. The van der Waals surface area contributed by atoms with Crippen LogP contribution in [-0.2, 0) is 14.8 Å². The number of carboxylic acid groups (broad SMARTS) is 1. The van der Waals surface area contributed by atoms with Crippen LogP contribution in [0.3, 0.4) is 0 Å². The maximum atomic E-state index is 13.2. The van der Waals surface area contributed by atoms with Crippen LogP contribution in [0.15, 0.2) is 53.4 Å². The van der Waals surface area contributed by atoms with E-state index in [1.807, 2.05) is 6.07 Å². The molecule has 154 valence electrons. The van der Waals surface area contributed by atoms with Gasteiger partial charge in [0.1, 0.15) is 6.04 Å². The summed E-state index contributed by atoms with van der Waals surface area (Å²) >= 11 is 1.46. The Balaban J connectivity index is 1.95. The molecule has 0 saturated carbocycles. The van der Waals surface area contributed by atoms with Gasteiger partial charge in [-0.2, -0.15) is 16.1 Å². The van der Waals surface area contributed by atoms with Gasteiger partial charge in [0.2, 0.25) is 10.0 Å². The van der Waals surface area contributed by atoms with Crippen molar-refractivity contribution in [1.29, 1.82) is 0 Å².